The number of carbonyl (C=O) groups excluding carboxylic acids is 3. The minimum atomic E-state index is -0.614. The second kappa shape index (κ2) is 11.0. The summed E-state index contributed by atoms with van der Waals surface area (Å²) in [4.78, 5) is 39.3. The van der Waals surface area contributed by atoms with Crippen LogP contribution in [-0.2, 0) is 25.7 Å². The molecule has 4 rings (SSSR count). The van der Waals surface area contributed by atoms with E-state index in [9.17, 15) is 14.4 Å². The summed E-state index contributed by atoms with van der Waals surface area (Å²) in [5.74, 6) is -0.158. The van der Waals surface area contributed by atoms with Crippen LogP contribution in [0, 0.1) is 0 Å². The summed E-state index contributed by atoms with van der Waals surface area (Å²) in [6, 6.07) is 17.1. The number of benzene rings is 2. The molecule has 1 N–H and O–H groups in total. The van der Waals surface area contributed by atoms with E-state index in [2.05, 4.69) is 5.32 Å². The molecule has 1 aliphatic rings. The molecule has 184 valence electrons. The molecule has 0 fully saturated rings. The lowest BCUT2D eigenvalue weighted by Gasteiger charge is -2.18. The molecule has 0 saturated carbocycles. The fourth-order valence-electron chi connectivity index (χ4n) is 3.73. The summed E-state index contributed by atoms with van der Waals surface area (Å²) in [7, 11) is 1.27. The summed E-state index contributed by atoms with van der Waals surface area (Å²) < 4.78 is 15.6. The molecule has 2 heterocycles. The quantitative estimate of drug-likeness (QED) is 0.357. The Morgan fingerprint density at radius 2 is 1.89 bits per heavy atom. The Hall–Kier alpha value is -4.30. The zero-order valence-electron chi connectivity index (χ0n) is 19.6. The average Bonchev–Trinajstić information content (AvgIpc) is 3.48. The Balaban J connectivity index is 1.49. The highest BCUT2D eigenvalue weighted by molar-refractivity contribution is 6.31. The number of allylic oxidation sites excluding steroid dienone is 1. The molecule has 0 radical (unpaired) electrons. The van der Waals surface area contributed by atoms with Crippen molar-refractivity contribution in [3.05, 3.63) is 100 Å². The minimum Gasteiger partial charge on any atom is -0.484 e. The van der Waals surface area contributed by atoms with Gasteiger partial charge in [0.2, 0.25) is 0 Å². The van der Waals surface area contributed by atoms with Gasteiger partial charge in [0.25, 0.3) is 11.8 Å². The van der Waals surface area contributed by atoms with Gasteiger partial charge in [0.05, 0.1) is 36.8 Å². The molecular weight excluding hydrogens is 484 g/mol. The smallest absolute Gasteiger partial charge is 0.340 e. The first kappa shape index (κ1) is 24.8. The highest BCUT2D eigenvalue weighted by atomic mass is 35.5. The minimum absolute atomic E-state index is 0.164. The fourth-order valence-corrected chi connectivity index (χ4v) is 3.92. The van der Waals surface area contributed by atoms with E-state index >= 15 is 0 Å². The number of nitrogens with zero attached hydrogens (tertiary/aromatic N) is 1. The van der Waals surface area contributed by atoms with Crippen molar-refractivity contribution in [2.45, 2.75) is 13.5 Å². The molecule has 0 bridgehead atoms. The molecule has 0 unspecified atom stereocenters. The fraction of sp³-hybridized carbons (Fsp3) is 0.148. The summed E-state index contributed by atoms with van der Waals surface area (Å²) in [5.41, 5.74) is 2.03. The van der Waals surface area contributed by atoms with Crippen LogP contribution in [0.3, 0.4) is 0 Å². The molecule has 3 aromatic rings. The topological polar surface area (TPSA) is 98.1 Å². The molecular formula is C27H23ClN2O6. The molecule has 1 aromatic heterocycles. The van der Waals surface area contributed by atoms with E-state index in [1.165, 1.54) is 18.3 Å². The number of carbonyl (C=O) groups is 3. The van der Waals surface area contributed by atoms with E-state index < -0.39 is 5.97 Å². The Kier molecular flexibility index (Phi) is 7.56. The summed E-state index contributed by atoms with van der Waals surface area (Å²) in [5, 5.41) is 3.17. The first-order valence-electron chi connectivity index (χ1n) is 11.0. The van der Waals surface area contributed by atoms with Crippen LogP contribution in [-0.4, -0.2) is 31.5 Å². The van der Waals surface area contributed by atoms with Gasteiger partial charge in [-0.15, -0.1) is 0 Å². The number of esters is 1. The molecule has 0 spiro atoms. The van der Waals surface area contributed by atoms with Crippen molar-refractivity contribution < 1.29 is 28.3 Å². The lowest BCUT2D eigenvalue weighted by atomic mass is 10.0. The molecule has 8 nitrogen and oxygen atoms in total. The second-order valence-corrected chi connectivity index (χ2v) is 8.28. The van der Waals surface area contributed by atoms with E-state index in [0.717, 1.165) is 0 Å². The van der Waals surface area contributed by atoms with Gasteiger partial charge in [0.1, 0.15) is 11.5 Å². The number of hydrogen-bond donors (Lipinski definition) is 1. The number of anilines is 1. The van der Waals surface area contributed by atoms with Gasteiger partial charge in [-0.1, -0.05) is 29.8 Å². The van der Waals surface area contributed by atoms with Crippen LogP contribution in [0.25, 0.3) is 6.08 Å². The highest BCUT2D eigenvalue weighted by Gasteiger charge is 2.37. The number of hydrogen-bond acceptors (Lipinski definition) is 6. The van der Waals surface area contributed by atoms with Gasteiger partial charge in [-0.2, -0.15) is 0 Å². The van der Waals surface area contributed by atoms with Crippen molar-refractivity contribution >= 4 is 41.1 Å². The lowest BCUT2D eigenvalue weighted by Crippen LogP contribution is -2.28. The van der Waals surface area contributed by atoms with Gasteiger partial charge >= 0.3 is 5.97 Å². The first-order valence-corrected chi connectivity index (χ1v) is 11.4. The number of ether oxygens (including phenoxy) is 2. The van der Waals surface area contributed by atoms with E-state index in [4.69, 9.17) is 25.5 Å². The summed E-state index contributed by atoms with van der Waals surface area (Å²) in [6.45, 7) is 1.79. The molecule has 36 heavy (non-hydrogen) atoms. The number of furan rings is 1. The summed E-state index contributed by atoms with van der Waals surface area (Å²) >= 11 is 6.11. The van der Waals surface area contributed by atoms with Gasteiger partial charge in [0, 0.05) is 10.7 Å². The lowest BCUT2D eigenvalue weighted by molar-refractivity contribution is -0.136. The number of methoxy groups -OCH3 is 1. The zero-order valence-corrected chi connectivity index (χ0v) is 20.4. The van der Waals surface area contributed by atoms with Gasteiger partial charge < -0.3 is 19.2 Å². The summed E-state index contributed by atoms with van der Waals surface area (Å²) in [6.07, 6.45) is 3.15. The van der Waals surface area contributed by atoms with E-state index in [-0.39, 0.29) is 36.1 Å². The first-order chi connectivity index (χ1) is 17.4. The Bertz CT molecular complexity index is 1340. The third-order valence-electron chi connectivity index (χ3n) is 5.46. The Morgan fingerprint density at radius 1 is 1.11 bits per heavy atom. The van der Waals surface area contributed by atoms with Crippen molar-refractivity contribution in [3.8, 4) is 5.75 Å². The normalized spacial score (nSPS) is 14.4. The van der Waals surface area contributed by atoms with Crippen molar-refractivity contribution in [1.82, 2.24) is 5.32 Å². The molecule has 0 atom stereocenters. The Morgan fingerprint density at radius 3 is 2.56 bits per heavy atom. The van der Waals surface area contributed by atoms with Crippen LogP contribution in [0.4, 0.5) is 5.69 Å². The standard InChI is InChI=1S/C27H23ClN2O6/c1-17-25(27(33)34-2)23(26(32)30(17)20-6-3-5-19(28)14-20)13-18-8-10-21(11-9-18)36-16-24(31)29-15-22-7-4-12-35-22/h3-14H,15-16H2,1-2H3,(H,29,31)/b23-13-. The predicted molar refractivity (Wildman–Crippen MR) is 134 cm³/mol. The molecule has 2 aromatic carbocycles. The molecule has 1 aliphatic heterocycles. The monoisotopic (exact) mass is 506 g/mol. The van der Waals surface area contributed by atoms with Crippen LogP contribution in [0.15, 0.2) is 88.2 Å². The largest absolute Gasteiger partial charge is 0.484 e. The maximum Gasteiger partial charge on any atom is 0.340 e. The van der Waals surface area contributed by atoms with Crippen molar-refractivity contribution in [2.24, 2.45) is 0 Å². The van der Waals surface area contributed by atoms with Gasteiger partial charge in [0.15, 0.2) is 6.61 Å². The van der Waals surface area contributed by atoms with E-state index in [0.29, 0.717) is 33.5 Å². The zero-order chi connectivity index (χ0) is 25.7. The number of rotatable bonds is 8. The maximum absolute atomic E-state index is 13.3. The van der Waals surface area contributed by atoms with E-state index in [1.807, 2.05) is 0 Å². The van der Waals surface area contributed by atoms with Crippen molar-refractivity contribution in [1.29, 1.82) is 0 Å². The third kappa shape index (κ3) is 5.50. The van der Waals surface area contributed by atoms with Crippen molar-refractivity contribution in [2.75, 3.05) is 18.6 Å². The second-order valence-electron chi connectivity index (χ2n) is 7.84. The van der Waals surface area contributed by atoms with Crippen LogP contribution in [0.2, 0.25) is 5.02 Å². The molecule has 0 aliphatic carbocycles. The van der Waals surface area contributed by atoms with Crippen LogP contribution >= 0.6 is 11.6 Å². The average molecular weight is 507 g/mol. The Labute approximate surface area is 212 Å². The highest BCUT2D eigenvalue weighted by Crippen LogP contribution is 2.36. The van der Waals surface area contributed by atoms with Gasteiger partial charge in [-0.3, -0.25) is 14.5 Å². The van der Waals surface area contributed by atoms with Crippen LogP contribution < -0.4 is 15.0 Å². The number of halogens is 1. The van der Waals surface area contributed by atoms with Crippen LogP contribution in [0.5, 0.6) is 5.75 Å². The maximum atomic E-state index is 13.3. The van der Waals surface area contributed by atoms with Crippen molar-refractivity contribution in [3.63, 3.8) is 0 Å². The molecule has 2 amide bonds. The molecule has 9 heteroatoms. The van der Waals surface area contributed by atoms with Gasteiger partial charge in [-0.25, -0.2) is 4.79 Å². The predicted octanol–water partition coefficient (Wildman–Crippen LogP) is 4.51. The molecule has 0 saturated heterocycles. The third-order valence-corrected chi connectivity index (χ3v) is 5.69. The van der Waals surface area contributed by atoms with Crippen LogP contribution in [0.1, 0.15) is 18.2 Å². The number of amides is 2. The SMILES string of the molecule is COC(=O)C1=C(C)N(c2cccc(Cl)c2)C(=O)/C1=C\c1ccc(OCC(=O)NCc2ccco2)cc1. The van der Waals surface area contributed by atoms with E-state index in [1.54, 1.807) is 73.7 Å². The number of nitrogens with one attached hydrogen (secondary N) is 1. The van der Waals surface area contributed by atoms with Gasteiger partial charge in [-0.05, 0) is 61.0 Å².